The van der Waals surface area contributed by atoms with Crippen LogP contribution >= 0.6 is 0 Å². The first-order valence-corrected chi connectivity index (χ1v) is 7.02. The van der Waals surface area contributed by atoms with Gasteiger partial charge in [0.25, 0.3) is 0 Å². The van der Waals surface area contributed by atoms with E-state index in [9.17, 15) is 4.79 Å². The van der Waals surface area contributed by atoms with Crippen molar-refractivity contribution in [2.24, 2.45) is 0 Å². The van der Waals surface area contributed by atoms with Gasteiger partial charge in [-0.05, 0) is 33.6 Å². The lowest BCUT2D eigenvalue weighted by Crippen LogP contribution is -2.40. The second-order valence-electron chi connectivity index (χ2n) is 6.18. The summed E-state index contributed by atoms with van der Waals surface area (Å²) in [5.41, 5.74) is 0.0998. The normalized spacial score (nSPS) is 18.8. The monoisotopic (exact) mass is 240 g/mol. The highest BCUT2D eigenvalue weighted by molar-refractivity contribution is 5.76. The van der Waals surface area contributed by atoms with E-state index in [1.165, 1.54) is 38.5 Å². The largest absolute Gasteiger partial charge is 0.353 e. The van der Waals surface area contributed by atoms with E-state index in [-0.39, 0.29) is 11.4 Å². The van der Waals surface area contributed by atoms with Gasteiger partial charge in [0.05, 0.1) is 0 Å². The van der Waals surface area contributed by atoms with E-state index in [2.05, 4.69) is 31.4 Å². The van der Waals surface area contributed by atoms with E-state index in [1.807, 2.05) is 0 Å². The summed E-state index contributed by atoms with van der Waals surface area (Å²) in [5, 5.41) is 6.51. The molecule has 17 heavy (non-hydrogen) atoms. The summed E-state index contributed by atoms with van der Waals surface area (Å²) < 4.78 is 0. The maximum Gasteiger partial charge on any atom is 0.221 e. The number of hydrogen-bond donors (Lipinski definition) is 2. The average molecular weight is 240 g/mol. The summed E-state index contributed by atoms with van der Waals surface area (Å²) in [7, 11) is 0. The summed E-state index contributed by atoms with van der Waals surface area (Å²) >= 11 is 0. The second kappa shape index (κ2) is 7.00. The van der Waals surface area contributed by atoms with Crippen LogP contribution in [0.4, 0.5) is 0 Å². The maximum atomic E-state index is 11.8. The molecule has 100 valence electrons. The highest BCUT2D eigenvalue weighted by atomic mass is 16.1. The molecule has 1 fully saturated rings. The number of nitrogens with one attached hydrogen (secondary N) is 2. The van der Waals surface area contributed by atoms with Crippen molar-refractivity contribution >= 4 is 5.91 Å². The second-order valence-corrected chi connectivity index (χ2v) is 6.18. The lowest BCUT2D eigenvalue weighted by molar-refractivity contribution is -0.121. The van der Waals surface area contributed by atoms with Crippen molar-refractivity contribution < 1.29 is 4.79 Å². The van der Waals surface area contributed by atoms with Gasteiger partial charge in [0.15, 0.2) is 0 Å². The number of amides is 1. The predicted octanol–water partition coefficient (Wildman–Crippen LogP) is 2.60. The molecule has 1 rings (SSSR count). The van der Waals surface area contributed by atoms with Crippen LogP contribution in [-0.2, 0) is 4.79 Å². The molecule has 1 amide bonds. The van der Waals surface area contributed by atoms with Crippen LogP contribution in [0.2, 0.25) is 0 Å². The maximum absolute atomic E-state index is 11.8. The summed E-state index contributed by atoms with van der Waals surface area (Å²) in [5.74, 6) is 0.202. The van der Waals surface area contributed by atoms with Crippen molar-refractivity contribution in [3.05, 3.63) is 0 Å². The summed E-state index contributed by atoms with van der Waals surface area (Å²) in [4.78, 5) is 11.8. The van der Waals surface area contributed by atoms with Gasteiger partial charge >= 0.3 is 0 Å². The van der Waals surface area contributed by atoms with E-state index >= 15 is 0 Å². The molecule has 3 nitrogen and oxygen atoms in total. The first-order valence-electron chi connectivity index (χ1n) is 7.02. The lowest BCUT2D eigenvalue weighted by atomic mass is 10.1. The highest BCUT2D eigenvalue weighted by Gasteiger charge is 2.15. The highest BCUT2D eigenvalue weighted by Crippen LogP contribution is 2.17. The fraction of sp³-hybridized carbons (Fsp3) is 0.929. The molecule has 0 saturated heterocycles. The molecule has 0 aromatic heterocycles. The van der Waals surface area contributed by atoms with Crippen LogP contribution in [0.15, 0.2) is 0 Å². The van der Waals surface area contributed by atoms with Crippen molar-refractivity contribution in [2.75, 3.05) is 6.54 Å². The predicted molar refractivity (Wildman–Crippen MR) is 72.0 cm³/mol. The molecular weight excluding hydrogens is 212 g/mol. The Morgan fingerprint density at radius 1 is 1.12 bits per heavy atom. The van der Waals surface area contributed by atoms with Gasteiger partial charge < -0.3 is 10.6 Å². The molecule has 0 radical (unpaired) electrons. The van der Waals surface area contributed by atoms with Crippen LogP contribution in [-0.4, -0.2) is 24.0 Å². The SMILES string of the molecule is CC(C)(C)NCCC(=O)NC1CCCCCC1. The molecule has 0 atom stereocenters. The number of hydrogen-bond acceptors (Lipinski definition) is 2. The van der Waals surface area contributed by atoms with Crippen LogP contribution in [0, 0.1) is 0 Å². The van der Waals surface area contributed by atoms with E-state index < -0.39 is 0 Å². The molecule has 0 aliphatic heterocycles. The van der Waals surface area contributed by atoms with Gasteiger partial charge in [0.2, 0.25) is 5.91 Å². The van der Waals surface area contributed by atoms with Crippen molar-refractivity contribution in [1.82, 2.24) is 10.6 Å². The fourth-order valence-electron chi connectivity index (χ4n) is 2.27. The third-order valence-electron chi connectivity index (χ3n) is 3.23. The minimum atomic E-state index is 0.0998. The molecule has 0 aromatic rings. The minimum Gasteiger partial charge on any atom is -0.353 e. The molecule has 0 heterocycles. The Labute approximate surface area is 106 Å². The number of rotatable bonds is 4. The first-order chi connectivity index (χ1) is 7.97. The molecule has 3 heteroatoms. The van der Waals surface area contributed by atoms with Crippen molar-refractivity contribution in [2.45, 2.75) is 77.3 Å². The minimum absolute atomic E-state index is 0.0998. The zero-order valence-corrected chi connectivity index (χ0v) is 11.6. The standard InChI is InChI=1S/C14H28N2O/c1-14(2,3)15-11-10-13(17)16-12-8-6-4-5-7-9-12/h12,15H,4-11H2,1-3H3,(H,16,17). The van der Waals surface area contributed by atoms with Crippen LogP contribution < -0.4 is 10.6 Å². The number of carbonyl (C=O) groups excluding carboxylic acids is 1. The van der Waals surface area contributed by atoms with Gasteiger partial charge in [-0.2, -0.15) is 0 Å². The first kappa shape index (κ1) is 14.5. The van der Waals surface area contributed by atoms with Gasteiger partial charge in [-0.25, -0.2) is 0 Å². The molecule has 1 saturated carbocycles. The van der Waals surface area contributed by atoms with Gasteiger partial charge in [-0.3, -0.25) is 4.79 Å². The Kier molecular flexibility index (Phi) is 5.96. The summed E-state index contributed by atoms with van der Waals surface area (Å²) in [6.45, 7) is 7.13. The Morgan fingerprint density at radius 3 is 2.24 bits per heavy atom. The Bertz CT molecular complexity index is 225. The molecule has 0 bridgehead atoms. The summed E-state index contributed by atoms with van der Waals surface area (Å²) in [6.07, 6.45) is 8.12. The average Bonchev–Trinajstić information content (AvgIpc) is 2.44. The quantitative estimate of drug-likeness (QED) is 0.742. The molecular formula is C14H28N2O. The smallest absolute Gasteiger partial charge is 0.221 e. The Morgan fingerprint density at radius 2 is 1.71 bits per heavy atom. The Balaban J connectivity index is 2.15. The van der Waals surface area contributed by atoms with Crippen molar-refractivity contribution in [1.29, 1.82) is 0 Å². The van der Waals surface area contributed by atoms with E-state index in [1.54, 1.807) is 0 Å². The fourth-order valence-corrected chi connectivity index (χ4v) is 2.27. The van der Waals surface area contributed by atoms with E-state index in [4.69, 9.17) is 0 Å². The zero-order chi connectivity index (χ0) is 12.7. The van der Waals surface area contributed by atoms with E-state index in [0.717, 1.165) is 6.54 Å². The zero-order valence-electron chi connectivity index (χ0n) is 11.6. The van der Waals surface area contributed by atoms with Crippen molar-refractivity contribution in [3.63, 3.8) is 0 Å². The molecule has 0 unspecified atom stereocenters. The van der Waals surface area contributed by atoms with Gasteiger partial charge in [-0.1, -0.05) is 25.7 Å². The molecule has 2 N–H and O–H groups in total. The molecule has 1 aliphatic carbocycles. The van der Waals surface area contributed by atoms with E-state index in [0.29, 0.717) is 12.5 Å². The van der Waals surface area contributed by atoms with Crippen LogP contribution in [0.1, 0.15) is 65.7 Å². The molecule has 0 spiro atoms. The third kappa shape index (κ3) is 7.37. The molecule has 1 aliphatic rings. The van der Waals surface area contributed by atoms with Gasteiger partial charge in [0.1, 0.15) is 0 Å². The van der Waals surface area contributed by atoms with Gasteiger partial charge in [-0.15, -0.1) is 0 Å². The van der Waals surface area contributed by atoms with Crippen LogP contribution in [0.3, 0.4) is 0 Å². The topological polar surface area (TPSA) is 41.1 Å². The van der Waals surface area contributed by atoms with Crippen molar-refractivity contribution in [3.8, 4) is 0 Å². The third-order valence-corrected chi connectivity index (χ3v) is 3.23. The molecule has 0 aromatic carbocycles. The number of carbonyl (C=O) groups is 1. The van der Waals surface area contributed by atoms with Crippen LogP contribution in [0.25, 0.3) is 0 Å². The van der Waals surface area contributed by atoms with Crippen LogP contribution in [0.5, 0.6) is 0 Å². The summed E-state index contributed by atoms with van der Waals surface area (Å²) in [6, 6.07) is 0.430. The Hall–Kier alpha value is -0.570. The van der Waals surface area contributed by atoms with Gasteiger partial charge in [0, 0.05) is 24.5 Å². The lowest BCUT2D eigenvalue weighted by Gasteiger charge is -2.21.